The molecular formula is C24H31N2O3. The second-order valence-corrected chi connectivity index (χ2v) is 8.85. The molecule has 5 heteroatoms. The molecule has 3 heterocycles. The van der Waals surface area contributed by atoms with Gasteiger partial charge >= 0.3 is 0 Å². The van der Waals surface area contributed by atoms with Crippen molar-refractivity contribution in [2.24, 2.45) is 5.41 Å². The molecule has 0 spiro atoms. The molecule has 2 aromatic rings. The number of aromatic nitrogens is 1. The highest BCUT2D eigenvalue weighted by Crippen LogP contribution is 2.38. The summed E-state index contributed by atoms with van der Waals surface area (Å²) in [5, 5.41) is 0. The van der Waals surface area contributed by atoms with E-state index >= 15 is 0 Å². The highest BCUT2D eigenvalue weighted by atomic mass is 16.6. The summed E-state index contributed by atoms with van der Waals surface area (Å²) in [6.07, 6.45) is 2.67. The van der Waals surface area contributed by atoms with Gasteiger partial charge in [0.25, 0.3) is 0 Å². The molecule has 5 nitrogen and oxygen atoms in total. The van der Waals surface area contributed by atoms with E-state index in [9.17, 15) is 0 Å². The Hall–Kier alpha value is -2.11. The standard InChI is InChI=1S/C24H31N2O3/c1-24(2,3)20(13-19-14-21-22(15-25-19)29-12-11-28-21)23-17-26(9-10-27-23)16-18-7-5-4-6-8-18/h4-8,14-15,23H,9-13,16-17H2,1-3H3. The second kappa shape index (κ2) is 8.72. The molecule has 29 heavy (non-hydrogen) atoms. The number of rotatable bonds is 5. The summed E-state index contributed by atoms with van der Waals surface area (Å²) in [5.74, 6) is 2.91. The molecule has 1 aromatic heterocycles. The SMILES string of the molecule is CC(C)(C)[C](Cc1cc2c(cn1)OCCO2)C1CN(Cc2ccccc2)CCO1. The van der Waals surface area contributed by atoms with E-state index in [1.165, 1.54) is 11.5 Å². The van der Waals surface area contributed by atoms with Gasteiger partial charge in [0.15, 0.2) is 11.5 Å². The van der Waals surface area contributed by atoms with Gasteiger partial charge in [-0.2, -0.15) is 0 Å². The van der Waals surface area contributed by atoms with Gasteiger partial charge in [0, 0.05) is 37.3 Å². The zero-order chi connectivity index (χ0) is 20.3. The molecule has 1 atom stereocenters. The Labute approximate surface area is 174 Å². The van der Waals surface area contributed by atoms with Crippen molar-refractivity contribution in [1.29, 1.82) is 0 Å². The van der Waals surface area contributed by atoms with Gasteiger partial charge in [0.2, 0.25) is 0 Å². The van der Waals surface area contributed by atoms with E-state index < -0.39 is 0 Å². The number of ether oxygens (including phenoxy) is 3. The van der Waals surface area contributed by atoms with Gasteiger partial charge < -0.3 is 14.2 Å². The van der Waals surface area contributed by atoms with Crippen LogP contribution in [0.3, 0.4) is 0 Å². The summed E-state index contributed by atoms with van der Waals surface area (Å²) in [5.41, 5.74) is 2.37. The summed E-state index contributed by atoms with van der Waals surface area (Å²) in [6, 6.07) is 12.7. The van der Waals surface area contributed by atoms with Crippen LogP contribution in [0, 0.1) is 11.3 Å². The second-order valence-electron chi connectivity index (χ2n) is 8.85. The Morgan fingerprint density at radius 2 is 1.83 bits per heavy atom. The maximum atomic E-state index is 6.26. The van der Waals surface area contributed by atoms with Crippen LogP contribution in [0.25, 0.3) is 0 Å². The molecular weight excluding hydrogens is 364 g/mol. The van der Waals surface area contributed by atoms with Crippen LogP contribution in [0.4, 0.5) is 0 Å². The lowest BCUT2D eigenvalue weighted by molar-refractivity contribution is -0.0359. The quantitative estimate of drug-likeness (QED) is 0.768. The first kappa shape index (κ1) is 20.2. The Morgan fingerprint density at radius 3 is 2.59 bits per heavy atom. The van der Waals surface area contributed by atoms with Gasteiger partial charge in [-0.3, -0.25) is 9.88 Å². The zero-order valence-electron chi connectivity index (χ0n) is 17.7. The van der Waals surface area contributed by atoms with Crippen molar-refractivity contribution in [3.8, 4) is 11.5 Å². The highest BCUT2D eigenvalue weighted by Gasteiger charge is 2.37. The summed E-state index contributed by atoms with van der Waals surface area (Å²) in [7, 11) is 0. The van der Waals surface area contributed by atoms with Crippen molar-refractivity contribution < 1.29 is 14.2 Å². The molecule has 0 aliphatic carbocycles. The van der Waals surface area contributed by atoms with Gasteiger partial charge in [-0.15, -0.1) is 0 Å². The number of hydrogen-bond donors (Lipinski definition) is 0. The largest absolute Gasteiger partial charge is 0.486 e. The van der Waals surface area contributed by atoms with Crippen molar-refractivity contribution in [2.45, 2.75) is 39.8 Å². The van der Waals surface area contributed by atoms with Gasteiger partial charge in [-0.1, -0.05) is 51.1 Å². The molecule has 2 aliphatic heterocycles. The molecule has 0 amide bonds. The lowest BCUT2D eigenvalue weighted by atomic mass is 9.74. The van der Waals surface area contributed by atoms with E-state index in [0.29, 0.717) is 13.2 Å². The molecule has 0 saturated carbocycles. The Morgan fingerprint density at radius 1 is 1.07 bits per heavy atom. The first-order chi connectivity index (χ1) is 14.0. The lowest BCUT2D eigenvalue weighted by Crippen LogP contribution is -2.48. The molecule has 4 rings (SSSR count). The van der Waals surface area contributed by atoms with E-state index in [1.54, 1.807) is 6.20 Å². The van der Waals surface area contributed by atoms with Crippen LogP contribution in [0.1, 0.15) is 32.0 Å². The van der Waals surface area contributed by atoms with E-state index in [0.717, 1.165) is 49.9 Å². The zero-order valence-corrected chi connectivity index (χ0v) is 17.7. The minimum absolute atomic E-state index is 0.0232. The van der Waals surface area contributed by atoms with Crippen molar-refractivity contribution in [3.63, 3.8) is 0 Å². The van der Waals surface area contributed by atoms with E-state index in [-0.39, 0.29) is 11.5 Å². The monoisotopic (exact) mass is 395 g/mol. The molecule has 0 N–H and O–H groups in total. The van der Waals surface area contributed by atoms with Crippen molar-refractivity contribution >= 4 is 0 Å². The minimum atomic E-state index is 0.0232. The summed E-state index contributed by atoms with van der Waals surface area (Å²) in [4.78, 5) is 7.12. The van der Waals surface area contributed by atoms with Gasteiger partial charge in [-0.05, 0) is 17.4 Å². The maximum Gasteiger partial charge on any atom is 0.179 e. The van der Waals surface area contributed by atoms with Gasteiger partial charge in [0.1, 0.15) is 13.2 Å². The van der Waals surface area contributed by atoms with Crippen LogP contribution in [-0.2, 0) is 17.7 Å². The van der Waals surface area contributed by atoms with E-state index in [2.05, 4.69) is 61.0 Å². The third kappa shape index (κ3) is 5.09. The summed E-state index contributed by atoms with van der Waals surface area (Å²) in [6.45, 7) is 11.6. The van der Waals surface area contributed by atoms with Crippen molar-refractivity contribution in [1.82, 2.24) is 9.88 Å². The molecule has 1 unspecified atom stereocenters. The van der Waals surface area contributed by atoms with E-state index in [1.807, 2.05) is 6.07 Å². The molecule has 1 saturated heterocycles. The van der Waals surface area contributed by atoms with Crippen molar-refractivity contribution in [3.05, 3.63) is 59.8 Å². The third-order valence-corrected chi connectivity index (χ3v) is 5.61. The first-order valence-corrected chi connectivity index (χ1v) is 10.5. The highest BCUT2D eigenvalue weighted by molar-refractivity contribution is 5.40. The molecule has 155 valence electrons. The first-order valence-electron chi connectivity index (χ1n) is 10.5. The number of morpholine rings is 1. The van der Waals surface area contributed by atoms with Crippen LogP contribution < -0.4 is 9.47 Å². The van der Waals surface area contributed by atoms with Gasteiger partial charge in [0.05, 0.1) is 18.9 Å². The van der Waals surface area contributed by atoms with Gasteiger partial charge in [-0.25, -0.2) is 0 Å². The smallest absolute Gasteiger partial charge is 0.179 e. The summed E-state index contributed by atoms with van der Waals surface area (Å²) < 4.78 is 17.6. The Balaban J connectivity index is 1.47. The minimum Gasteiger partial charge on any atom is -0.486 e. The van der Waals surface area contributed by atoms with Crippen LogP contribution >= 0.6 is 0 Å². The Bertz CT molecular complexity index is 804. The predicted molar refractivity (Wildman–Crippen MR) is 113 cm³/mol. The molecule has 1 radical (unpaired) electrons. The fraction of sp³-hybridized carbons (Fsp3) is 0.500. The Kier molecular flexibility index (Phi) is 6.07. The molecule has 1 aromatic carbocycles. The molecule has 0 bridgehead atoms. The fourth-order valence-electron chi connectivity index (χ4n) is 4.04. The number of nitrogens with zero attached hydrogens (tertiary/aromatic N) is 2. The fourth-order valence-corrected chi connectivity index (χ4v) is 4.04. The van der Waals surface area contributed by atoms with Crippen molar-refractivity contribution in [2.75, 3.05) is 32.9 Å². The average molecular weight is 396 g/mol. The number of pyridine rings is 1. The molecule has 1 fully saturated rings. The van der Waals surface area contributed by atoms with Crippen LogP contribution in [0.15, 0.2) is 42.6 Å². The maximum absolute atomic E-state index is 6.26. The van der Waals surface area contributed by atoms with Crippen LogP contribution in [0.5, 0.6) is 11.5 Å². The van der Waals surface area contributed by atoms with Crippen LogP contribution in [-0.4, -0.2) is 48.9 Å². The van der Waals surface area contributed by atoms with E-state index in [4.69, 9.17) is 14.2 Å². The van der Waals surface area contributed by atoms with Crippen LogP contribution in [0.2, 0.25) is 0 Å². The summed E-state index contributed by atoms with van der Waals surface area (Å²) >= 11 is 0. The lowest BCUT2D eigenvalue weighted by Gasteiger charge is -2.42. The predicted octanol–water partition coefficient (Wildman–Crippen LogP) is 3.92. The third-order valence-electron chi connectivity index (χ3n) is 5.61. The number of hydrogen-bond acceptors (Lipinski definition) is 5. The normalized spacial score (nSPS) is 20.1. The molecule has 2 aliphatic rings. The average Bonchev–Trinajstić information content (AvgIpc) is 2.72. The number of benzene rings is 1. The topological polar surface area (TPSA) is 43.8 Å². The number of fused-ring (bicyclic) bond motifs is 1.